The SMILES string of the molecule is COc1ccccc1Cn1cc(-c2ccc(OC(F)F)cc2)nc1N. The van der Waals surface area contributed by atoms with Gasteiger partial charge in [0.2, 0.25) is 5.95 Å². The van der Waals surface area contributed by atoms with Crippen molar-refractivity contribution in [1.29, 1.82) is 0 Å². The summed E-state index contributed by atoms with van der Waals surface area (Å²) in [5.41, 5.74) is 8.38. The maximum atomic E-state index is 12.2. The number of nitrogens with two attached hydrogens (primary N) is 1. The molecule has 0 bridgehead atoms. The van der Waals surface area contributed by atoms with Crippen LogP contribution < -0.4 is 15.2 Å². The Morgan fingerprint density at radius 2 is 1.84 bits per heavy atom. The number of ether oxygens (including phenoxy) is 2. The molecule has 0 aliphatic rings. The lowest BCUT2D eigenvalue weighted by Crippen LogP contribution is -2.04. The number of nitrogen functional groups attached to an aromatic ring is 1. The smallest absolute Gasteiger partial charge is 0.387 e. The van der Waals surface area contributed by atoms with Gasteiger partial charge in [-0.15, -0.1) is 0 Å². The summed E-state index contributed by atoms with van der Waals surface area (Å²) < 4.78 is 35.9. The van der Waals surface area contributed by atoms with Gasteiger partial charge in [0.15, 0.2) is 0 Å². The molecule has 2 aromatic carbocycles. The number of alkyl halides is 2. The van der Waals surface area contributed by atoms with E-state index in [0.29, 0.717) is 18.2 Å². The molecule has 0 atom stereocenters. The molecule has 0 saturated carbocycles. The second-order valence-electron chi connectivity index (χ2n) is 5.33. The lowest BCUT2D eigenvalue weighted by molar-refractivity contribution is -0.0498. The topological polar surface area (TPSA) is 62.3 Å². The molecule has 3 aromatic rings. The number of anilines is 1. The number of halogens is 2. The first-order valence-corrected chi connectivity index (χ1v) is 7.56. The first-order valence-electron chi connectivity index (χ1n) is 7.56. The van der Waals surface area contributed by atoms with Gasteiger partial charge >= 0.3 is 6.61 Å². The molecular formula is C18H17F2N3O2. The molecule has 1 heterocycles. The molecule has 5 nitrogen and oxygen atoms in total. The number of aromatic nitrogens is 2. The monoisotopic (exact) mass is 345 g/mol. The average Bonchev–Trinajstić information content (AvgIpc) is 2.96. The predicted octanol–water partition coefficient (Wildman–Crippen LogP) is 3.79. The van der Waals surface area contributed by atoms with Crippen LogP contribution in [0.1, 0.15) is 5.56 Å². The van der Waals surface area contributed by atoms with Crippen molar-refractivity contribution < 1.29 is 18.3 Å². The summed E-state index contributed by atoms with van der Waals surface area (Å²) in [5.74, 6) is 1.22. The number of rotatable bonds is 6. The maximum Gasteiger partial charge on any atom is 0.387 e. The molecular weight excluding hydrogens is 328 g/mol. The molecule has 0 aliphatic carbocycles. The van der Waals surface area contributed by atoms with Gasteiger partial charge < -0.3 is 19.8 Å². The number of nitrogens with zero attached hydrogens (tertiary/aromatic N) is 2. The fraction of sp³-hybridized carbons (Fsp3) is 0.167. The van der Waals surface area contributed by atoms with Gasteiger partial charge in [-0.05, 0) is 30.3 Å². The fourth-order valence-corrected chi connectivity index (χ4v) is 2.52. The van der Waals surface area contributed by atoms with E-state index in [-0.39, 0.29) is 5.75 Å². The van der Waals surface area contributed by atoms with Gasteiger partial charge in [-0.1, -0.05) is 18.2 Å². The average molecular weight is 345 g/mol. The zero-order chi connectivity index (χ0) is 17.8. The van der Waals surface area contributed by atoms with Crippen LogP contribution in [0.3, 0.4) is 0 Å². The van der Waals surface area contributed by atoms with E-state index < -0.39 is 6.61 Å². The molecule has 0 fully saturated rings. The molecule has 0 amide bonds. The third-order valence-electron chi connectivity index (χ3n) is 3.72. The highest BCUT2D eigenvalue weighted by molar-refractivity contribution is 5.61. The molecule has 1 aromatic heterocycles. The van der Waals surface area contributed by atoms with Crippen molar-refractivity contribution >= 4 is 5.95 Å². The Morgan fingerprint density at radius 3 is 2.52 bits per heavy atom. The van der Waals surface area contributed by atoms with Crippen LogP contribution in [-0.4, -0.2) is 23.3 Å². The largest absolute Gasteiger partial charge is 0.496 e. The molecule has 130 valence electrons. The van der Waals surface area contributed by atoms with E-state index in [1.807, 2.05) is 30.5 Å². The summed E-state index contributed by atoms with van der Waals surface area (Å²) in [7, 11) is 1.62. The Morgan fingerprint density at radius 1 is 1.12 bits per heavy atom. The second-order valence-corrected chi connectivity index (χ2v) is 5.33. The summed E-state index contributed by atoms with van der Waals surface area (Å²) in [6.07, 6.45) is 1.81. The van der Waals surface area contributed by atoms with Gasteiger partial charge in [0, 0.05) is 17.3 Å². The van der Waals surface area contributed by atoms with E-state index in [9.17, 15) is 8.78 Å². The quantitative estimate of drug-likeness (QED) is 0.738. The van der Waals surface area contributed by atoms with Gasteiger partial charge in [0.05, 0.1) is 19.3 Å². The van der Waals surface area contributed by atoms with Gasteiger partial charge in [-0.2, -0.15) is 8.78 Å². The third-order valence-corrected chi connectivity index (χ3v) is 3.72. The number of imidazole rings is 1. The van der Waals surface area contributed by atoms with E-state index in [0.717, 1.165) is 16.9 Å². The Balaban J connectivity index is 1.82. The molecule has 25 heavy (non-hydrogen) atoms. The van der Waals surface area contributed by atoms with Crippen molar-refractivity contribution in [2.45, 2.75) is 13.2 Å². The lowest BCUT2D eigenvalue weighted by atomic mass is 10.1. The normalized spacial score (nSPS) is 10.9. The molecule has 0 radical (unpaired) electrons. The molecule has 0 spiro atoms. The van der Waals surface area contributed by atoms with Crippen LogP contribution in [0.15, 0.2) is 54.7 Å². The number of hydrogen-bond donors (Lipinski definition) is 1. The Hall–Kier alpha value is -3.09. The van der Waals surface area contributed by atoms with E-state index >= 15 is 0 Å². The molecule has 3 rings (SSSR count). The van der Waals surface area contributed by atoms with Crippen LogP contribution in [0.4, 0.5) is 14.7 Å². The zero-order valence-electron chi connectivity index (χ0n) is 13.5. The van der Waals surface area contributed by atoms with Crippen LogP contribution in [-0.2, 0) is 6.54 Å². The van der Waals surface area contributed by atoms with Gasteiger partial charge in [-0.25, -0.2) is 4.98 Å². The fourth-order valence-electron chi connectivity index (χ4n) is 2.52. The Labute approximate surface area is 143 Å². The van der Waals surface area contributed by atoms with Crippen molar-refractivity contribution in [3.8, 4) is 22.8 Å². The summed E-state index contributed by atoms with van der Waals surface area (Å²) in [6, 6.07) is 13.9. The van der Waals surface area contributed by atoms with Crippen molar-refractivity contribution in [3.05, 3.63) is 60.3 Å². The van der Waals surface area contributed by atoms with Crippen LogP contribution in [0.5, 0.6) is 11.5 Å². The molecule has 0 aliphatic heterocycles. The Bertz CT molecular complexity index is 848. The number of hydrogen-bond acceptors (Lipinski definition) is 4. The molecule has 7 heteroatoms. The van der Waals surface area contributed by atoms with Crippen LogP contribution in [0, 0.1) is 0 Å². The minimum absolute atomic E-state index is 0.0974. The minimum Gasteiger partial charge on any atom is -0.496 e. The van der Waals surface area contributed by atoms with E-state index in [1.54, 1.807) is 23.8 Å². The minimum atomic E-state index is -2.85. The van der Waals surface area contributed by atoms with E-state index in [1.165, 1.54) is 12.1 Å². The first kappa shape index (κ1) is 16.8. The van der Waals surface area contributed by atoms with Gasteiger partial charge in [-0.3, -0.25) is 0 Å². The second kappa shape index (κ2) is 7.21. The molecule has 0 saturated heterocycles. The summed E-state index contributed by atoms with van der Waals surface area (Å²) in [6.45, 7) is -2.34. The van der Waals surface area contributed by atoms with Gasteiger partial charge in [0.25, 0.3) is 0 Å². The molecule has 2 N–H and O–H groups in total. The van der Waals surface area contributed by atoms with Crippen molar-refractivity contribution in [2.75, 3.05) is 12.8 Å². The van der Waals surface area contributed by atoms with Crippen molar-refractivity contribution in [1.82, 2.24) is 9.55 Å². The number of methoxy groups -OCH3 is 1. The first-order chi connectivity index (χ1) is 12.1. The summed E-state index contributed by atoms with van der Waals surface area (Å²) in [5, 5.41) is 0. The number of para-hydroxylation sites is 1. The van der Waals surface area contributed by atoms with Crippen LogP contribution in [0.25, 0.3) is 11.3 Å². The van der Waals surface area contributed by atoms with Crippen molar-refractivity contribution in [2.24, 2.45) is 0 Å². The van der Waals surface area contributed by atoms with Crippen LogP contribution in [0.2, 0.25) is 0 Å². The Kier molecular flexibility index (Phi) is 4.83. The summed E-state index contributed by atoms with van der Waals surface area (Å²) >= 11 is 0. The highest BCUT2D eigenvalue weighted by Gasteiger charge is 2.11. The van der Waals surface area contributed by atoms with E-state index in [2.05, 4.69) is 9.72 Å². The standard InChI is InChI=1S/C18H17F2N3O2/c1-24-16-5-3-2-4-13(16)10-23-11-15(22-18(23)21)12-6-8-14(9-7-12)25-17(19)20/h2-9,11,17H,10H2,1H3,(H2,21,22). The highest BCUT2D eigenvalue weighted by Crippen LogP contribution is 2.25. The zero-order valence-corrected chi connectivity index (χ0v) is 13.5. The maximum absolute atomic E-state index is 12.2. The van der Waals surface area contributed by atoms with Crippen LogP contribution >= 0.6 is 0 Å². The summed E-state index contributed by atoms with van der Waals surface area (Å²) in [4.78, 5) is 4.33. The van der Waals surface area contributed by atoms with E-state index in [4.69, 9.17) is 10.5 Å². The highest BCUT2D eigenvalue weighted by atomic mass is 19.3. The van der Waals surface area contributed by atoms with Crippen molar-refractivity contribution in [3.63, 3.8) is 0 Å². The lowest BCUT2D eigenvalue weighted by Gasteiger charge is -2.09. The van der Waals surface area contributed by atoms with Gasteiger partial charge in [0.1, 0.15) is 11.5 Å². The molecule has 0 unspecified atom stereocenters. The third kappa shape index (κ3) is 3.88. The number of benzene rings is 2. The predicted molar refractivity (Wildman–Crippen MR) is 90.8 cm³/mol.